The molecule has 21 heavy (non-hydrogen) atoms. The van der Waals surface area contributed by atoms with E-state index in [9.17, 15) is 14.0 Å². The van der Waals surface area contributed by atoms with E-state index >= 15 is 0 Å². The second-order valence-corrected chi connectivity index (χ2v) is 5.68. The molecule has 1 amide bonds. The lowest BCUT2D eigenvalue weighted by Gasteiger charge is -2.30. The van der Waals surface area contributed by atoms with Gasteiger partial charge in [-0.15, -0.1) is 12.4 Å². The highest BCUT2D eigenvalue weighted by Crippen LogP contribution is 2.30. The van der Waals surface area contributed by atoms with E-state index in [-0.39, 0.29) is 24.9 Å². The van der Waals surface area contributed by atoms with E-state index in [0.29, 0.717) is 18.5 Å². The number of carbonyl (C=O) groups is 2. The van der Waals surface area contributed by atoms with E-state index in [4.69, 9.17) is 5.11 Å². The minimum absolute atomic E-state index is 0. The first-order chi connectivity index (χ1) is 9.34. The van der Waals surface area contributed by atoms with Gasteiger partial charge in [0.1, 0.15) is 5.82 Å². The predicted octanol–water partition coefficient (Wildman–Crippen LogP) is 2.46. The molecule has 1 fully saturated rings. The summed E-state index contributed by atoms with van der Waals surface area (Å²) in [6, 6.07) is 6.19. The normalized spacial score (nSPS) is 18.2. The van der Waals surface area contributed by atoms with E-state index in [1.165, 1.54) is 11.0 Å². The van der Waals surface area contributed by atoms with E-state index in [0.717, 1.165) is 0 Å². The van der Waals surface area contributed by atoms with E-state index in [1.807, 2.05) is 0 Å². The number of carboxylic acids is 1. The van der Waals surface area contributed by atoms with Crippen molar-refractivity contribution in [3.05, 3.63) is 35.6 Å². The lowest BCUT2D eigenvalue weighted by molar-refractivity contribution is -0.141. The van der Waals surface area contributed by atoms with E-state index in [2.05, 4.69) is 0 Å². The molecular formula is C15H19ClFNO3. The standard InChI is InChI=1S/C15H18FNO3.ClH/c1-15(2,11-5-3-4-6-12(11)16)14(20)17-8-7-10(9-17)13(18)19;/h3-6,10H,7-9H2,1-2H3,(H,18,19);1H. The number of carboxylic acid groups (broad SMARTS) is 1. The Balaban J connectivity index is 0.00000220. The van der Waals surface area contributed by atoms with Gasteiger partial charge in [-0.3, -0.25) is 9.59 Å². The Bertz CT molecular complexity index is 547. The Labute approximate surface area is 129 Å². The van der Waals surface area contributed by atoms with Crippen molar-refractivity contribution in [2.75, 3.05) is 13.1 Å². The number of likely N-dealkylation sites (tertiary alicyclic amines) is 1. The van der Waals surface area contributed by atoms with Gasteiger partial charge in [0, 0.05) is 18.7 Å². The molecule has 1 saturated heterocycles. The average molecular weight is 316 g/mol. The van der Waals surface area contributed by atoms with Crippen molar-refractivity contribution in [3.8, 4) is 0 Å². The van der Waals surface area contributed by atoms with Crippen LogP contribution in [0.15, 0.2) is 24.3 Å². The molecule has 1 N–H and O–H groups in total. The van der Waals surface area contributed by atoms with Gasteiger partial charge in [0.15, 0.2) is 0 Å². The Kier molecular flexibility index (Phi) is 5.34. The first-order valence-electron chi connectivity index (χ1n) is 6.61. The Morgan fingerprint density at radius 3 is 2.48 bits per heavy atom. The maximum Gasteiger partial charge on any atom is 0.308 e. The summed E-state index contributed by atoms with van der Waals surface area (Å²) < 4.78 is 13.9. The SMILES string of the molecule is CC(C)(C(=O)N1CCC(C(=O)O)C1)c1ccccc1F.Cl. The second kappa shape index (κ2) is 6.43. The summed E-state index contributed by atoms with van der Waals surface area (Å²) in [6.07, 6.45) is 0.453. The molecule has 0 saturated carbocycles. The van der Waals surface area contributed by atoms with Gasteiger partial charge in [0.2, 0.25) is 5.91 Å². The smallest absolute Gasteiger partial charge is 0.308 e. The van der Waals surface area contributed by atoms with Crippen molar-refractivity contribution in [2.24, 2.45) is 5.92 Å². The zero-order chi connectivity index (χ0) is 14.9. The molecule has 6 heteroatoms. The maximum atomic E-state index is 13.9. The van der Waals surface area contributed by atoms with Crippen molar-refractivity contribution >= 4 is 24.3 Å². The quantitative estimate of drug-likeness (QED) is 0.932. The minimum atomic E-state index is -1.00. The van der Waals surface area contributed by atoms with Gasteiger partial charge in [-0.05, 0) is 26.3 Å². The average Bonchev–Trinajstić information content (AvgIpc) is 2.87. The number of aliphatic carboxylic acids is 1. The number of hydrogen-bond acceptors (Lipinski definition) is 2. The fourth-order valence-corrected chi connectivity index (χ4v) is 2.62. The first kappa shape index (κ1) is 17.4. The Morgan fingerprint density at radius 2 is 1.95 bits per heavy atom. The molecule has 116 valence electrons. The van der Waals surface area contributed by atoms with Gasteiger partial charge < -0.3 is 10.0 Å². The molecule has 1 atom stereocenters. The number of rotatable bonds is 3. The summed E-state index contributed by atoms with van der Waals surface area (Å²) in [5, 5.41) is 8.98. The number of nitrogens with zero attached hydrogens (tertiary/aromatic N) is 1. The van der Waals surface area contributed by atoms with Gasteiger partial charge in [0.25, 0.3) is 0 Å². The molecule has 1 heterocycles. The molecule has 1 aliphatic rings. The van der Waals surface area contributed by atoms with E-state index in [1.54, 1.807) is 32.0 Å². The second-order valence-electron chi connectivity index (χ2n) is 5.68. The monoisotopic (exact) mass is 315 g/mol. The maximum absolute atomic E-state index is 13.9. The van der Waals surface area contributed by atoms with Gasteiger partial charge in [-0.25, -0.2) is 4.39 Å². The number of halogens is 2. The van der Waals surface area contributed by atoms with Crippen molar-refractivity contribution in [2.45, 2.75) is 25.7 Å². The third-order valence-corrected chi connectivity index (χ3v) is 3.91. The fraction of sp³-hybridized carbons (Fsp3) is 0.467. The Hall–Kier alpha value is -1.62. The molecule has 0 bridgehead atoms. The fourth-order valence-electron chi connectivity index (χ4n) is 2.62. The number of carbonyl (C=O) groups excluding carboxylic acids is 1. The molecule has 2 rings (SSSR count). The molecule has 1 aliphatic heterocycles. The van der Waals surface area contributed by atoms with Crippen LogP contribution in [0.1, 0.15) is 25.8 Å². The van der Waals surface area contributed by atoms with Crippen LogP contribution in [0.5, 0.6) is 0 Å². The van der Waals surface area contributed by atoms with Crippen molar-refractivity contribution in [3.63, 3.8) is 0 Å². The van der Waals surface area contributed by atoms with Crippen LogP contribution < -0.4 is 0 Å². The Morgan fingerprint density at radius 1 is 1.33 bits per heavy atom. The molecule has 0 aliphatic carbocycles. The topological polar surface area (TPSA) is 57.6 Å². The van der Waals surface area contributed by atoms with Crippen LogP contribution in [-0.2, 0) is 15.0 Å². The van der Waals surface area contributed by atoms with Crippen LogP contribution in [0, 0.1) is 11.7 Å². The van der Waals surface area contributed by atoms with E-state index < -0.39 is 23.1 Å². The largest absolute Gasteiger partial charge is 0.481 e. The van der Waals surface area contributed by atoms with Gasteiger partial charge in [-0.2, -0.15) is 0 Å². The molecular weight excluding hydrogens is 297 g/mol. The third-order valence-electron chi connectivity index (χ3n) is 3.91. The van der Waals surface area contributed by atoms with Crippen LogP contribution in [0.3, 0.4) is 0 Å². The van der Waals surface area contributed by atoms with Crippen LogP contribution in [0.2, 0.25) is 0 Å². The highest BCUT2D eigenvalue weighted by molar-refractivity contribution is 5.88. The van der Waals surface area contributed by atoms with Gasteiger partial charge in [0.05, 0.1) is 11.3 Å². The summed E-state index contributed by atoms with van der Waals surface area (Å²) in [5.41, 5.74) is -0.664. The van der Waals surface area contributed by atoms with Crippen molar-refractivity contribution in [1.29, 1.82) is 0 Å². The molecule has 4 nitrogen and oxygen atoms in total. The molecule has 0 spiro atoms. The van der Waals surface area contributed by atoms with Crippen LogP contribution in [0.25, 0.3) is 0 Å². The third kappa shape index (κ3) is 3.35. The zero-order valence-corrected chi connectivity index (χ0v) is 12.8. The summed E-state index contributed by atoms with van der Waals surface area (Å²) >= 11 is 0. The summed E-state index contributed by atoms with van der Waals surface area (Å²) in [4.78, 5) is 25.0. The highest BCUT2D eigenvalue weighted by atomic mass is 35.5. The van der Waals surface area contributed by atoms with Crippen LogP contribution >= 0.6 is 12.4 Å². The number of amides is 1. The first-order valence-corrected chi connectivity index (χ1v) is 6.61. The minimum Gasteiger partial charge on any atom is -0.481 e. The van der Waals surface area contributed by atoms with Crippen LogP contribution in [-0.4, -0.2) is 35.0 Å². The molecule has 1 unspecified atom stereocenters. The predicted molar refractivity (Wildman–Crippen MR) is 79.0 cm³/mol. The summed E-state index contributed by atoms with van der Waals surface area (Å²) in [7, 11) is 0. The summed E-state index contributed by atoms with van der Waals surface area (Å²) in [5.74, 6) is -2.05. The molecule has 1 aromatic carbocycles. The lowest BCUT2D eigenvalue weighted by Crippen LogP contribution is -2.43. The zero-order valence-electron chi connectivity index (χ0n) is 12.0. The summed E-state index contributed by atoms with van der Waals surface area (Å²) in [6.45, 7) is 3.95. The van der Waals surface area contributed by atoms with Crippen molar-refractivity contribution in [1.82, 2.24) is 4.90 Å². The van der Waals surface area contributed by atoms with Gasteiger partial charge in [-0.1, -0.05) is 18.2 Å². The van der Waals surface area contributed by atoms with Gasteiger partial charge >= 0.3 is 5.97 Å². The van der Waals surface area contributed by atoms with Crippen molar-refractivity contribution < 1.29 is 19.1 Å². The number of benzene rings is 1. The van der Waals surface area contributed by atoms with Crippen LogP contribution in [0.4, 0.5) is 4.39 Å². The highest BCUT2D eigenvalue weighted by Gasteiger charge is 2.39. The lowest BCUT2D eigenvalue weighted by atomic mass is 9.83. The number of hydrogen-bond donors (Lipinski definition) is 1. The molecule has 1 aromatic rings. The molecule has 0 radical (unpaired) electrons. The molecule has 0 aromatic heterocycles.